The predicted octanol–water partition coefficient (Wildman–Crippen LogP) is -7.63. The fraction of sp³-hybridized carbons (Fsp3) is 0. The van der Waals surface area contributed by atoms with Crippen LogP contribution in [0.4, 0.5) is 0 Å². The molecule has 0 unspecified atom stereocenters. The van der Waals surface area contributed by atoms with Gasteiger partial charge in [-0.2, -0.15) is 0 Å². The third-order valence-electron chi connectivity index (χ3n) is 0. The largest absolute Gasteiger partial charge is 2.00 e. The summed E-state index contributed by atoms with van der Waals surface area (Å²) in [5.41, 5.74) is 0. The number of rotatable bonds is 0. The van der Waals surface area contributed by atoms with Crippen LogP contribution in [0.15, 0.2) is 0 Å². The number of hydrogen-bond donors (Lipinski definition) is 0. The van der Waals surface area contributed by atoms with E-state index >= 15 is 0 Å². The molecule has 0 amide bonds. The van der Waals surface area contributed by atoms with Gasteiger partial charge in [0, 0.05) is 99.7 Å². The van der Waals surface area contributed by atoms with Gasteiger partial charge in [-0.3, -0.25) is 0 Å². The zero-order valence-electron chi connectivity index (χ0n) is 4.12. The molecule has 0 saturated heterocycles. The second-order valence-electron chi connectivity index (χ2n) is 0. The van der Waals surface area contributed by atoms with E-state index in [1.54, 1.807) is 0 Å². The maximum Gasteiger partial charge on any atom is 1.00 e. The van der Waals surface area contributed by atoms with Gasteiger partial charge in [-0.1, -0.05) is 0 Å². The van der Waals surface area contributed by atoms with Gasteiger partial charge in [0.1, 0.15) is 0 Å². The van der Waals surface area contributed by atoms with E-state index < -0.39 is 0 Å². The van der Waals surface area contributed by atoms with Crippen LogP contribution >= 0.6 is 0 Å². The molecule has 1 nitrogen and oxygen atoms in total. The van der Waals surface area contributed by atoms with Gasteiger partial charge in [0.15, 0.2) is 0 Å². The van der Waals surface area contributed by atoms with Gasteiger partial charge in [-0.25, -0.2) is 0 Å². The minimum absolute atomic E-state index is 0. The molecule has 0 aliphatic rings. The van der Waals surface area contributed by atoms with Crippen LogP contribution in [-0.4, -0.2) is 99.7 Å². The van der Waals surface area contributed by atoms with E-state index in [0.717, 1.165) is 0 Å². The SMILES string of the molecule is [Bi].[Bi].[Li+].[Li+].[O-2].[Te].[Te]. The van der Waals surface area contributed by atoms with Crippen LogP contribution in [0.1, 0.15) is 0 Å². The van der Waals surface area contributed by atoms with Gasteiger partial charge < -0.3 is 5.48 Å². The molecule has 30 valence electrons. The first-order valence-electron chi connectivity index (χ1n) is 0. The molecule has 0 fully saturated rings. The van der Waals surface area contributed by atoms with Crippen molar-refractivity contribution in [2.45, 2.75) is 0 Å². The molecule has 10 radical (unpaired) electrons. The Bertz CT molecular complexity index is 13.7. The Labute approximate surface area is 140 Å². The third-order valence-corrected chi connectivity index (χ3v) is 0. The molecular formula is Bi2Li2OTe2. The average Bonchev–Trinajstić information content (AvgIpc) is 0. The van der Waals surface area contributed by atoms with Crippen molar-refractivity contribution in [3.05, 3.63) is 0 Å². The zero-order valence-corrected chi connectivity index (χ0v) is 15.7. The molecule has 0 atom stereocenters. The van der Waals surface area contributed by atoms with Crippen molar-refractivity contribution in [2.75, 3.05) is 0 Å². The average molecular weight is 703 g/mol. The maximum absolute atomic E-state index is 0. The van der Waals surface area contributed by atoms with E-state index in [-0.39, 0.29) is 143 Å². The Kier molecular flexibility index (Phi) is 419. The van der Waals surface area contributed by atoms with E-state index in [1.807, 2.05) is 0 Å². The van der Waals surface area contributed by atoms with E-state index in [2.05, 4.69) is 0 Å². The standard InChI is InChI=1S/2Bi.2Li.O.2Te/q;;2*+1;-2;;. The molecule has 0 bridgehead atoms. The molecule has 0 spiro atoms. The van der Waals surface area contributed by atoms with E-state index in [4.69, 9.17) is 0 Å². The van der Waals surface area contributed by atoms with E-state index in [0.29, 0.717) is 0 Å². The third kappa shape index (κ3) is 37.5. The molecule has 0 aliphatic heterocycles. The topological polar surface area (TPSA) is 28.5 Å². The van der Waals surface area contributed by atoms with Crippen molar-refractivity contribution >= 4 is 99.7 Å². The maximum atomic E-state index is 0. The summed E-state index contributed by atoms with van der Waals surface area (Å²) in [7, 11) is 0. The molecule has 0 aromatic carbocycles. The monoisotopic (exact) mass is 708 g/mol. The summed E-state index contributed by atoms with van der Waals surface area (Å²) in [4.78, 5) is 0. The molecule has 0 rings (SSSR count). The summed E-state index contributed by atoms with van der Waals surface area (Å²) in [5, 5.41) is 0. The summed E-state index contributed by atoms with van der Waals surface area (Å²) < 4.78 is 0. The first kappa shape index (κ1) is 62.6. The Hall–Kier alpha value is 4.50. The van der Waals surface area contributed by atoms with Crippen molar-refractivity contribution in [3.63, 3.8) is 0 Å². The van der Waals surface area contributed by atoms with Crippen LogP contribution in [-0.2, 0) is 5.48 Å². The molecule has 7 heteroatoms. The zero-order chi connectivity index (χ0) is 0. The van der Waals surface area contributed by atoms with Crippen LogP contribution < -0.4 is 37.7 Å². The van der Waals surface area contributed by atoms with Crippen molar-refractivity contribution in [2.24, 2.45) is 0 Å². The Morgan fingerprint density at radius 2 is 0.571 bits per heavy atom. The van der Waals surface area contributed by atoms with Gasteiger partial charge in [-0.15, -0.1) is 0 Å². The van der Waals surface area contributed by atoms with Crippen molar-refractivity contribution in [1.29, 1.82) is 0 Å². The van der Waals surface area contributed by atoms with E-state index in [9.17, 15) is 0 Å². The van der Waals surface area contributed by atoms with Crippen molar-refractivity contribution in [1.82, 2.24) is 0 Å². The predicted molar refractivity (Wildman–Crippen MR) is 23.7 cm³/mol. The van der Waals surface area contributed by atoms with Gasteiger partial charge in [0.05, 0.1) is 0 Å². The summed E-state index contributed by atoms with van der Waals surface area (Å²) in [6, 6.07) is 0. The van der Waals surface area contributed by atoms with Crippen LogP contribution in [0.3, 0.4) is 0 Å². The van der Waals surface area contributed by atoms with Crippen molar-refractivity contribution < 1.29 is 43.2 Å². The van der Waals surface area contributed by atoms with Gasteiger partial charge in [-0.05, 0) is 0 Å². The second kappa shape index (κ2) is 46.8. The summed E-state index contributed by atoms with van der Waals surface area (Å²) >= 11 is 0. The summed E-state index contributed by atoms with van der Waals surface area (Å²) in [5.74, 6) is 0. The van der Waals surface area contributed by atoms with Gasteiger partial charge in [0.25, 0.3) is 0 Å². The number of hydrogen-bond acceptors (Lipinski definition) is 0. The first-order chi connectivity index (χ1) is 0. The normalized spacial score (nSPS) is 0. The Morgan fingerprint density at radius 1 is 0.571 bits per heavy atom. The minimum Gasteiger partial charge on any atom is -2.00 e. The molecule has 0 aliphatic carbocycles. The molecule has 0 saturated carbocycles. The molecule has 0 aromatic heterocycles. The van der Waals surface area contributed by atoms with Crippen LogP contribution in [0.5, 0.6) is 0 Å². The first-order valence-corrected chi connectivity index (χ1v) is 0. The van der Waals surface area contributed by atoms with Crippen LogP contribution in [0, 0.1) is 0 Å². The fourth-order valence-electron chi connectivity index (χ4n) is 0. The van der Waals surface area contributed by atoms with Gasteiger partial charge >= 0.3 is 37.7 Å². The smallest absolute Gasteiger partial charge is 1.00 e. The molecule has 0 N–H and O–H groups in total. The van der Waals surface area contributed by atoms with Crippen LogP contribution in [0.25, 0.3) is 0 Å². The fourth-order valence-corrected chi connectivity index (χ4v) is 0. The second-order valence-corrected chi connectivity index (χ2v) is 0. The molecule has 0 heterocycles. The quantitative estimate of drug-likeness (QED) is 0.225. The van der Waals surface area contributed by atoms with Crippen molar-refractivity contribution in [3.8, 4) is 0 Å². The molecular weight excluding hydrogens is 703 g/mol. The Morgan fingerprint density at radius 3 is 0.571 bits per heavy atom. The molecule has 7 heavy (non-hydrogen) atoms. The van der Waals surface area contributed by atoms with Gasteiger partial charge in [0.2, 0.25) is 0 Å². The summed E-state index contributed by atoms with van der Waals surface area (Å²) in [6.45, 7) is 0. The molecule has 0 aromatic rings. The van der Waals surface area contributed by atoms with E-state index in [1.165, 1.54) is 0 Å². The summed E-state index contributed by atoms with van der Waals surface area (Å²) in [6.07, 6.45) is 0. The minimum atomic E-state index is 0. The Balaban J connectivity index is 0. The van der Waals surface area contributed by atoms with Crippen LogP contribution in [0.2, 0.25) is 0 Å².